The van der Waals surface area contributed by atoms with E-state index in [0.717, 1.165) is 12.8 Å². The van der Waals surface area contributed by atoms with Crippen molar-refractivity contribution in [2.45, 2.75) is 32.2 Å². The van der Waals surface area contributed by atoms with Crippen LogP contribution in [0.2, 0.25) is 0 Å². The van der Waals surface area contributed by atoms with Gasteiger partial charge in [0, 0.05) is 18.8 Å². The van der Waals surface area contributed by atoms with Crippen molar-refractivity contribution < 1.29 is 18.3 Å². The van der Waals surface area contributed by atoms with Gasteiger partial charge >= 0.3 is 0 Å². The number of likely N-dealkylation sites (tertiary alicyclic amines) is 1. The first-order chi connectivity index (χ1) is 13.9. The van der Waals surface area contributed by atoms with Crippen LogP contribution in [-0.2, 0) is 0 Å². The van der Waals surface area contributed by atoms with E-state index in [1.807, 2.05) is 0 Å². The predicted molar refractivity (Wildman–Crippen MR) is 104 cm³/mol. The molecule has 3 aromatic rings. The molecule has 1 atom stereocenters. The fraction of sp³-hybridized carbons (Fsp3) is 0.400. The zero-order chi connectivity index (χ0) is 20.5. The highest BCUT2D eigenvalue weighted by Crippen LogP contribution is 2.34. The molecule has 1 aliphatic rings. The maximum atomic E-state index is 14.5. The molecular weight excluding hydrogens is 383 g/mol. The summed E-state index contributed by atoms with van der Waals surface area (Å²) in [5.74, 6) is -0.323. The first kappa shape index (κ1) is 19.5. The van der Waals surface area contributed by atoms with E-state index in [1.165, 1.54) is 12.1 Å². The molecule has 0 bridgehead atoms. The van der Waals surface area contributed by atoms with Crippen LogP contribution in [0.1, 0.15) is 18.4 Å². The van der Waals surface area contributed by atoms with Crippen LogP contribution in [0, 0.1) is 12.7 Å². The van der Waals surface area contributed by atoms with Crippen molar-refractivity contribution >= 4 is 11.5 Å². The molecule has 1 fully saturated rings. The monoisotopic (exact) mass is 405 g/mol. The number of aromatic hydroxyl groups is 1. The molecule has 0 radical (unpaired) electrons. The number of hydrogen-bond acceptors (Lipinski definition) is 5. The number of piperidine rings is 1. The van der Waals surface area contributed by atoms with Crippen molar-refractivity contribution in [1.29, 1.82) is 0 Å². The third-order valence-corrected chi connectivity index (χ3v) is 5.15. The van der Waals surface area contributed by atoms with Crippen molar-refractivity contribution in [3.8, 4) is 17.0 Å². The first-order valence-corrected chi connectivity index (χ1v) is 9.52. The van der Waals surface area contributed by atoms with Crippen LogP contribution in [0.5, 0.6) is 5.75 Å². The predicted octanol–water partition coefficient (Wildman–Crippen LogP) is 3.69. The summed E-state index contributed by atoms with van der Waals surface area (Å²) < 4.78 is 41.7. The lowest BCUT2D eigenvalue weighted by Gasteiger charge is -2.33. The Morgan fingerprint density at radius 2 is 2.14 bits per heavy atom. The summed E-state index contributed by atoms with van der Waals surface area (Å²) in [6.07, 6.45) is 1.05. The fourth-order valence-corrected chi connectivity index (χ4v) is 3.91. The van der Waals surface area contributed by atoms with Gasteiger partial charge in [0.2, 0.25) is 5.95 Å². The zero-order valence-electron chi connectivity index (χ0n) is 15.9. The third-order valence-electron chi connectivity index (χ3n) is 5.15. The van der Waals surface area contributed by atoms with Crippen LogP contribution < -0.4 is 5.32 Å². The number of aromatic nitrogens is 3. The molecule has 0 spiro atoms. The van der Waals surface area contributed by atoms with Gasteiger partial charge in [-0.3, -0.25) is 9.30 Å². The minimum atomic E-state index is -2.36. The van der Waals surface area contributed by atoms with E-state index in [0.29, 0.717) is 30.1 Å². The summed E-state index contributed by atoms with van der Waals surface area (Å²) >= 11 is 0. The summed E-state index contributed by atoms with van der Waals surface area (Å²) in [4.78, 5) is 1.74. The molecule has 0 amide bonds. The number of anilines is 1. The number of hydrogen-bond donors (Lipinski definition) is 2. The molecule has 0 aliphatic carbocycles. The molecule has 9 heteroatoms. The van der Waals surface area contributed by atoms with Crippen LogP contribution in [0.25, 0.3) is 16.8 Å². The van der Waals surface area contributed by atoms with Gasteiger partial charge in [0.25, 0.3) is 6.43 Å². The van der Waals surface area contributed by atoms with E-state index in [-0.39, 0.29) is 29.6 Å². The number of alkyl halides is 2. The van der Waals surface area contributed by atoms with Gasteiger partial charge in [-0.15, -0.1) is 10.2 Å². The van der Waals surface area contributed by atoms with E-state index in [4.69, 9.17) is 0 Å². The number of rotatable bonds is 5. The minimum Gasteiger partial charge on any atom is -0.507 e. The normalized spacial score (nSPS) is 17.9. The van der Waals surface area contributed by atoms with Crippen molar-refractivity contribution in [2.24, 2.45) is 0 Å². The molecule has 4 rings (SSSR count). The second kappa shape index (κ2) is 7.90. The van der Waals surface area contributed by atoms with Crippen LogP contribution in [0.3, 0.4) is 0 Å². The lowest BCUT2D eigenvalue weighted by Crippen LogP contribution is -2.44. The molecule has 2 aromatic heterocycles. The highest BCUT2D eigenvalue weighted by molar-refractivity contribution is 5.81. The number of halogens is 3. The van der Waals surface area contributed by atoms with Crippen molar-refractivity contribution in [3.63, 3.8) is 0 Å². The Morgan fingerprint density at radius 3 is 2.90 bits per heavy atom. The number of nitrogens with zero attached hydrogens (tertiary/aromatic N) is 4. The summed E-state index contributed by atoms with van der Waals surface area (Å²) in [5, 5.41) is 21.9. The van der Waals surface area contributed by atoms with Crippen molar-refractivity contribution in [1.82, 2.24) is 19.5 Å². The standard InChI is InChI=1S/C20H22F3N5O/c1-12-8-14(21)18(16(29)9-12)19-15-5-3-7-28(15)20(26-25-19)24-13-4-2-6-27(10-13)11-17(22)23/h3,5,7-9,13,17,29H,2,4,6,10-11H2,1H3,(H,24,26)/t13-/m1/s1. The molecule has 0 saturated carbocycles. The molecule has 1 aromatic carbocycles. The first-order valence-electron chi connectivity index (χ1n) is 9.52. The second-order valence-corrected chi connectivity index (χ2v) is 7.41. The Kier molecular flexibility index (Phi) is 5.31. The molecule has 154 valence electrons. The quantitative estimate of drug-likeness (QED) is 0.678. The van der Waals surface area contributed by atoms with Crippen LogP contribution in [0.4, 0.5) is 19.1 Å². The van der Waals surface area contributed by atoms with Gasteiger partial charge in [0.1, 0.15) is 17.3 Å². The number of benzene rings is 1. The fourth-order valence-electron chi connectivity index (χ4n) is 3.91. The molecule has 1 saturated heterocycles. The minimum absolute atomic E-state index is 0.000810. The van der Waals surface area contributed by atoms with Crippen LogP contribution in [-0.4, -0.2) is 56.7 Å². The largest absolute Gasteiger partial charge is 0.507 e. The van der Waals surface area contributed by atoms with E-state index < -0.39 is 12.2 Å². The molecule has 1 aliphatic heterocycles. The van der Waals surface area contributed by atoms with E-state index >= 15 is 0 Å². The summed E-state index contributed by atoms with van der Waals surface area (Å²) in [6.45, 7) is 2.59. The van der Waals surface area contributed by atoms with Gasteiger partial charge in [0.15, 0.2) is 0 Å². The Hall–Kier alpha value is -2.81. The summed E-state index contributed by atoms with van der Waals surface area (Å²) in [7, 11) is 0. The van der Waals surface area contributed by atoms with Gasteiger partial charge in [-0.2, -0.15) is 0 Å². The molecule has 29 heavy (non-hydrogen) atoms. The van der Waals surface area contributed by atoms with Gasteiger partial charge in [-0.25, -0.2) is 13.2 Å². The summed E-state index contributed by atoms with van der Waals surface area (Å²) in [5.41, 5.74) is 1.42. The Labute approximate surface area is 166 Å². The SMILES string of the molecule is Cc1cc(O)c(-c2nnc(N[C@@H]3CCCN(CC(F)F)C3)n3cccc23)c(F)c1. The maximum Gasteiger partial charge on any atom is 0.251 e. The number of aryl methyl sites for hydroxylation is 1. The molecule has 0 unspecified atom stereocenters. The van der Waals surface area contributed by atoms with E-state index in [1.54, 1.807) is 34.6 Å². The van der Waals surface area contributed by atoms with Gasteiger partial charge in [0.05, 0.1) is 17.6 Å². The van der Waals surface area contributed by atoms with E-state index in [2.05, 4.69) is 15.5 Å². The number of phenols is 1. The average Bonchev–Trinajstić information content (AvgIpc) is 3.12. The third kappa shape index (κ3) is 4.00. The van der Waals surface area contributed by atoms with Crippen molar-refractivity contribution in [2.75, 3.05) is 25.0 Å². The number of phenolic OH excluding ortho intramolecular Hbond substituents is 1. The maximum absolute atomic E-state index is 14.5. The number of nitrogens with one attached hydrogen (secondary N) is 1. The molecular formula is C20H22F3N5O. The van der Waals surface area contributed by atoms with Gasteiger partial charge in [-0.05, 0) is 56.1 Å². The lowest BCUT2D eigenvalue weighted by atomic mass is 10.1. The summed E-state index contributed by atoms with van der Waals surface area (Å²) in [6, 6.07) is 6.31. The highest BCUT2D eigenvalue weighted by Gasteiger charge is 2.24. The molecule has 2 N–H and O–H groups in total. The van der Waals surface area contributed by atoms with Gasteiger partial charge < -0.3 is 10.4 Å². The topological polar surface area (TPSA) is 65.7 Å². The Morgan fingerprint density at radius 1 is 1.31 bits per heavy atom. The Balaban J connectivity index is 1.64. The van der Waals surface area contributed by atoms with Crippen LogP contribution >= 0.6 is 0 Å². The average molecular weight is 405 g/mol. The van der Waals surface area contributed by atoms with Crippen LogP contribution in [0.15, 0.2) is 30.5 Å². The van der Waals surface area contributed by atoms with E-state index in [9.17, 15) is 18.3 Å². The lowest BCUT2D eigenvalue weighted by molar-refractivity contribution is 0.0761. The second-order valence-electron chi connectivity index (χ2n) is 7.41. The van der Waals surface area contributed by atoms with Crippen molar-refractivity contribution in [3.05, 3.63) is 41.8 Å². The Bertz CT molecular complexity index is 1000. The molecule has 3 heterocycles. The smallest absolute Gasteiger partial charge is 0.251 e. The van der Waals surface area contributed by atoms with Gasteiger partial charge in [-0.1, -0.05) is 0 Å². The highest BCUT2D eigenvalue weighted by atomic mass is 19.3. The zero-order valence-corrected chi connectivity index (χ0v) is 15.9. The number of fused-ring (bicyclic) bond motifs is 1. The molecule has 6 nitrogen and oxygen atoms in total.